The average Bonchev–Trinajstić information content (AvgIpc) is 2.48. The third-order valence-corrected chi connectivity index (χ3v) is 3.56. The Morgan fingerprint density at radius 1 is 1.14 bits per heavy atom. The fourth-order valence-electron chi connectivity index (χ4n) is 1.66. The molecule has 0 fully saturated rings. The molecule has 4 nitrogen and oxygen atoms in total. The number of aromatic hydroxyl groups is 2. The van der Waals surface area contributed by atoms with E-state index in [1.54, 1.807) is 0 Å². The first kappa shape index (κ1) is 15.4. The molecule has 0 atom stereocenters. The second kappa shape index (κ2) is 6.20. The number of amides is 1. The number of nitrogens with one attached hydrogen (secondary N) is 1. The van der Waals surface area contributed by atoms with Gasteiger partial charge in [0.05, 0.1) is 10.6 Å². The molecule has 0 bridgehead atoms. The number of phenols is 2. The smallest absolute Gasteiger partial charge is 0.255 e. The van der Waals surface area contributed by atoms with Crippen LogP contribution in [0, 0.1) is 5.82 Å². The van der Waals surface area contributed by atoms with Crippen LogP contribution >= 0.6 is 23.2 Å². The molecule has 2 rings (SSSR count). The van der Waals surface area contributed by atoms with E-state index in [9.17, 15) is 19.4 Å². The fraction of sp³-hybridized carbons (Fsp3) is 0.0714. The minimum absolute atomic E-state index is 0.0566. The van der Waals surface area contributed by atoms with E-state index in [4.69, 9.17) is 23.2 Å². The van der Waals surface area contributed by atoms with Crippen LogP contribution in [0.4, 0.5) is 4.39 Å². The highest BCUT2D eigenvalue weighted by molar-refractivity contribution is 6.43. The van der Waals surface area contributed by atoms with Crippen LogP contribution in [-0.2, 0) is 6.54 Å². The summed E-state index contributed by atoms with van der Waals surface area (Å²) in [4.78, 5) is 12.0. The van der Waals surface area contributed by atoms with Crippen LogP contribution in [0.2, 0.25) is 10.0 Å². The highest BCUT2D eigenvalue weighted by atomic mass is 35.5. The molecular formula is C14H10Cl2FNO3. The van der Waals surface area contributed by atoms with Crippen LogP contribution in [0.1, 0.15) is 15.9 Å². The van der Waals surface area contributed by atoms with Gasteiger partial charge in [-0.2, -0.15) is 0 Å². The zero-order chi connectivity index (χ0) is 15.6. The maximum atomic E-state index is 12.8. The first-order valence-electron chi connectivity index (χ1n) is 5.82. The number of phenolic OH excluding ortho intramolecular Hbond substituents is 2. The molecule has 0 heterocycles. The van der Waals surface area contributed by atoms with Crippen molar-refractivity contribution in [3.05, 3.63) is 57.3 Å². The first-order chi connectivity index (χ1) is 9.90. The van der Waals surface area contributed by atoms with Crippen molar-refractivity contribution < 1.29 is 19.4 Å². The van der Waals surface area contributed by atoms with Crippen LogP contribution in [0.25, 0.3) is 0 Å². The average molecular weight is 330 g/mol. The van der Waals surface area contributed by atoms with Gasteiger partial charge in [-0.05, 0) is 23.8 Å². The molecule has 0 saturated carbocycles. The second-order valence-electron chi connectivity index (χ2n) is 4.23. The van der Waals surface area contributed by atoms with Crippen LogP contribution in [0.15, 0.2) is 30.3 Å². The number of carbonyl (C=O) groups excluding carboxylic acids is 1. The van der Waals surface area contributed by atoms with Gasteiger partial charge in [-0.1, -0.05) is 35.3 Å². The SMILES string of the molecule is O=C(NCc1ccc(F)cc1)c1cc(Cl)c(Cl)c(O)c1O. The highest BCUT2D eigenvalue weighted by Gasteiger charge is 2.19. The molecule has 0 saturated heterocycles. The molecule has 1 amide bonds. The van der Waals surface area contributed by atoms with Gasteiger partial charge >= 0.3 is 0 Å². The maximum absolute atomic E-state index is 12.8. The zero-order valence-corrected chi connectivity index (χ0v) is 12.0. The van der Waals surface area contributed by atoms with Crippen molar-refractivity contribution in [2.45, 2.75) is 6.54 Å². The zero-order valence-electron chi connectivity index (χ0n) is 10.5. The van der Waals surface area contributed by atoms with Crippen molar-refractivity contribution in [2.24, 2.45) is 0 Å². The first-order valence-corrected chi connectivity index (χ1v) is 6.58. The topological polar surface area (TPSA) is 69.6 Å². The van der Waals surface area contributed by atoms with E-state index in [1.165, 1.54) is 24.3 Å². The third-order valence-electron chi connectivity index (χ3n) is 2.78. The number of hydrogen-bond acceptors (Lipinski definition) is 3. The van der Waals surface area contributed by atoms with Crippen molar-refractivity contribution in [1.29, 1.82) is 0 Å². The van der Waals surface area contributed by atoms with Gasteiger partial charge < -0.3 is 15.5 Å². The highest BCUT2D eigenvalue weighted by Crippen LogP contribution is 2.40. The molecule has 0 unspecified atom stereocenters. The molecule has 0 aliphatic carbocycles. The lowest BCUT2D eigenvalue weighted by Crippen LogP contribution is -2.22. The van der Waals surface area contributed by atoms with Crippen molar-refractivity contribution in [2.75, 3.05) is 0 Å². The van der Waals surface area contributed by atoms with Crippen molar-refractivity contribution >= 4 is 29.1 Å². The van der Waals surface area contributed by atoms with Crippen molar-refractivity contribution in [3.63, 3.8) is 0 Å². The molecule has 110 valence electrons. The number of rotatable bonds is 3. The van der Waals surface area contributed by atoms with Crippen LogP contribution in [-0.4, -0.2) is 16.1 Å². The summed E-state index contributed by atoms with van der Waals surface area (Å²) < 4.78 is 12.8. The molecule has 7 heteroatoms. The van der Waals surface area contributed by atoms with E-state index in [2.05, 4.69) is 5.32 Å². The minimum atomic E-state index is -0.656. The van der Waals surface area contributed by atoms with Crippen LogP contribution in [0.5, 0.6) is 11.5 Å². The lowest BCUT2D eigenvalue weighted by Gasteiger charge is -2.10. The summed E-state index contributed by atoms with van der Waals surface area (Å²) >= 11 is 11.4. The Balaban J connectivity index is 2.16. The number of carbonyl (C=O) groups is 1. The molecule has 2 aromatic rings. The van der Waals surface area contributed by atoms with Crippen molar-refractivity contribution in [3.8, 4) is 11.5 Å². The van der Waals surface area contributed by atoms with Gasteiger partial charge in [0.25, 0.3) is 5.91 Å². The van der Waals surface area contributed by atoms with E-state index in [1.807, 2.05) is 0 Å². The Morgan fingerprint density at radius 2 is 1.76 bits per heavy atom. The Bertz CT molecular complexity index is 690. The summed E-state index contributed by atoms with van der Waals surface area (Å²) in [6.45, 7) is 0.125. The monoisotopic (exact) mass is 329 g/mol. The Hall–Kier alpha value is -1.98. The van der Waals surface area contributed by atoms with Gasteiger partial charge in [0, 0.05) is 6.54 Å². The summed E-state index contributed by atoms with van der Waals surface area (Å²) in [7, 11) is 0. The van der Waals surface area contributed by atoms with E-state index >= 15 is 0 Å². The summed E-state index contributed by atoms with van der Waals surface area (Å²) in [6.07, 6.45) is 0. The molecule has 0 aliphatic heterocycles. The Labute approximate surface area is 129 Å². The molecule has 0 spiro atoms. The minimum Gasteiger partial charge on any atom is -0.504 e. The van der Waals surface area contributed by atoms with Gasteiger partial charge in [0.2, 0.25) is 0 Å². The van der Waals surface area contributed by atoms with Gasteiger partial charge in [0.15, 0.2) is 11.5 Å². The normalized spacial score (nSPS) is 10.4. The van der Waals surface area contributed by atoms with E-state index in [0.29, 0.717) is 5.56 Å². The summed E-state index contributed by atoms with van der Waals surface area (Å²) in [5.41, 5.74) is 0.470. The third kappa shape index (κ3) is 3.37. The number of benzene rings is 2. The van der Waals surface area contributed by atoms with Gasteiger partial charge in [-0.15, -0.1) is 0 Å². The van der Waals surface area contributed by atoms with Gasteiger partial charge in [0.1, 0.15) is 10.8 Å². The molecule has 3 N–H and O–H groups in total. The molecule has 0 aliphatic rings. The predicted octanol–water partition coefficient (Wildman–Crippen LogP) is 3.47. The summed E-state index contributed by atoms with van der Waals surface area (Å²) in [5.74, 6) is -2.33. The van der Waals surface area contributed by atoms with Gasteiger partial charge in [-0.25, -0.2) is 4.39 Å². The molecule has 2 aromatic carbocycles. The van der Waals surface area contributed by atoms with Crippen LogP contribution in [0.3, 0.4) is 0 Å². The molecule has 21 heavy (non-hydrogen) atoms. The Morgan fingerprint density at radius 3 is 2.38 bits per heavy atom. The van der Waals surface area contributed by atoms with E-state index in [-0.39, 0.29) is 28.0 Å². The van der Waals surface area contributed by atoms with Crippen LogP contribution < -0.4 is 5.32 Å². The lowest BCUT2D eigenvalue weighted by atomic mass is 10.1. The number of hydrogen-bond donors (Lipinski definition) is 3. The summed E-state index contributed by atoms with van der Waals surface area (Å²) in [5, 5.41) is 21.5. The van der Waals surface area contributed by atoms with E-state index < -0.39 is 17.4 Å². The molecule has 0 aromatic heterocycles. The number of halogens is 3. The predicted molar refractivity (Wildman–Crippen MR) is 77.4 cm³/mol. The molecule has 0 radical (unpaired) electrons. The van der Waals surface area contributed by atoms with Gasteiger partial charge in [-0.3, -0.25) is 4.79 Å². The summed E-state index contributed by atoms with van der Waals surface area (Å²) in [6, 6.07) is 6.72. The largest absolute Gasteiger partial charge is 0.504 e. The molecular weight excluding hydrogens is 320 g/mol. The quantitative estimate of drug-likeness (QED) is 0.755. The lowest BCUT2D eigenvalue weighted by molar-refractivity contribution is 0.0947. The standard InChI is InChI=1S/C14H10Cl2FNO3/c15-10-5-9(12(19)13(20)11(10)16)14(21)18-6-7-1-3-8(17)4-2-7/h1-5,19-20H,6H2,(H,18,21). The fourth-order valence-corrected chi connectivity index (χ4v) is 2.00. The van der Waals surface area contributed by atoms with Crippen molar-refractivity contribution in [1.82, 2.24) is 5.32 Å². The van der Waals surface area contributed by atoms with E-state index in [0.717, 1.165) is 6.07 Å². The second-order valence-corrected chi connectivity index (χ2v) is 5.01. The Kier molecular flexibility index (Phi) is 4.55. The maximum Gasteiger partial charge on any atom is 0.255 e.